The van der Waals surface area contributed by atoms with Crippen LogP contribution in [0.1, 0.15) is 15.2 Å². The smallest absolute Gasteiger partial charge is 0.269 e. The monoisotopic (exact) mass is 280 g/mol. The highest BCUT2D eigenvalue weighted by atomic mass is 35.5. The van der Waals surface area contributed by atoms with Crippen LogP contribution in [0.25, 0.3) is 0 Å². The van der Waals surface area contributed by atoms with E-state index in [2.05, 4.69) is 0 Å². The van der Waals surface area contributed by atoms with Crippen molar-refractivity contribution in [2.45, 2.75) is 6.92 Å². The van der Waals surface area contributed by atoms with Crippen LogP contribution in [0, 0.1) is 6.92 Å². The molecule has 5 heteroatoms. The fraction of sp³-hybridized carbons (Fsp3) is 0.154. The molecule has 1 aromatic carbocycles. The quantitative estimate of drug-likeness (QED) is 0.855. The average Bonchev–Trinajstić information content (AvgIpc) is 2.69. The molecule has 94 valence electrons. The van der Waals surface area contributed by atoms with Crippen LogP contribution < -0.4 is 10.6 Å². The average molecular weight is 281 g/mol. The van der Waals surface area contributed by atoms with Crippen molar-refractivity contribution in [1.29, 1.82) is 0 Å². The number of carbonyl (C=O) groups is 1. The van der Waals surface area contributed by atoms with E-state index in [1.54, 1.807) is 24.1 Å². The molecule has 0 unspecified atom stereocenters. The molecular formula is C13H13ClN2OS. The first-order valence-electron chi connectivity index (χ1n) is 5.38. The number of anilines is 2. The topological polar surface area (TPSA) is 46.3 Å². The first-order chi connectivity index (χ1) is 8.50. The highest BCUT2D eigenvalue weighted by Gasteiger charge is 2.19. The fourth-order valence-corrected chi connectivity index (χ4v) is 2.79. The lowest BCUT2D eigenvalue weighted by molar-refractivity contribution is 0.0997. The van der Waals surface area contributed by atoms with Gasteiger partial charge in [0.15, 0.2) is 0 Å². The van der Waals surface area contributed by atoms with Crippen LogP contribution in [0.2, 0.25) is 5.02 Å². The van der Waals surface area contributed by atoms with Gasteiger partial charge in [0.1, 0.15) is 4.88 Å². The number of hydrogen-bond donors (Lipinski definition) is 1. The van der Waals surface area contributed by atoms with E-state index < -0.39 is 0 Å². The van der Waals surface area contributed by atoms with Gasteiger partial charge < -0.3 is 10.6 Å². The first-order valence-corrected chi connectivity index (χ1v) is 6.63. The Labute approximate surface area is 115 Å². The summed E-state index contributed by atoms with van der Waals surface area (Å²) in [7, 11) is 1.72. The summed E-state index contributed by atoms with van der Waals surface area (Å²) in [6.07, 6.45) is 0. The van der Waals surface area contributed by atoms with Crippen molar-refractivity contribution in [3.05, 3.63) is 45.1 Å². The van der Waals surface area contributed by atoms with Crippen molar-refractivity contribution in [2.75, 3.05) is 17.7 Å². The standard InChI is InChI=1S/C13H13ClN2OS/c1-8-7-18-12(11(8)14)13(17)16(2)10-5-3-9(15)4-6-10/h3-7H,15H2,1-2H3. The third-order valence-electron chi connectivity index (χ3n) is 2.68. The Balaban J connectivity index is 2.29. The van der Waals surface area contributed by atoms with Gasteiger partial charge in [0.2, 0.25) is 0 Å². The van der Waals surface area contributed by atoms with E-state index in [1.807, 2.05) is 24.4 Å². The fourth-order valence-electron chi connectivity index (χ4n) is 1.54. The third-order valence-corrected chi connectivity index (χ3v) is 4.36. The van der Waals surface area contributed by atoms with Crippen LogP contribution in [0.5, 0.6) is 0 Å². The van der Waals surface area contributed by atoms with Crippen molar-refractivity contribution in [2.24, 2.45) is 0 Å². The largest absolute Gasteiger partial charge is 0.399 e. The van der Waals surface area contributed by atoms with Gasteiger partial charge >= 0.3 is 0 Å². The summed E-state index contributed by atoms with van der Waals surface area (Å²) in [4.78, 5) is 14.4. The second kappa shape index (κ2) is 5.00. The van der Waals surface area contributed by atoms with Crippen molar-refractivity contribution in [3.8, 4) is 0 Å². The van der Waals surface area contributed by atoms with E-state index in [0.717, 1.165) is 11.3 Å². The maximum Gasteiger partial charge on any atom is 0.269 e. The normalized spacial score (nSPS) is 10.4. The van der Waals surface area contributed by atoms with Gasteiger partial charge in [0.05, 0.1) is 5.02 Å². The van der Waals surface area contributed by atoms with Crippen LogP contribution in [-0.2, 0) is 0 Å². The zero-order valence-corrected chi connectivity index (χ0v) is 11.7. The van der Waals surface area contributed by atoms with E-state index in [9.17, 15) is 4.79 Å². The van der Waals surface area contributed by atoms with E-state index in [1.165, 1.54) is 11.3 Å². The molecule has 1 amide bonds. The molecule has 0 saturated heterocycles. The Morgan fingerprint density at radius 2 is 1.94 bits per heavy atom. The number of amides is 1. The summed E-state index contributed by atoms with van der Waals surface area (Å²) in [5.74, 6) is -0.108. The molecule has 2 rings (SSSR count). The van der Waals surface area contributed by atoms with Crippen molar-refractivity contribution >= 4 is 40.2 Å². The maximum absolute atomic E-state index is 12.3. The molecule has 2 N–H and O–H groups in total. The molecule has 1 aromatic heterocycles. The minimum absolute atomic E-state index is 0.108. The predicted molar refractivity (Wildman–Crippen MR) is 77.7 cm³/mol. The Hall–Kier alpha value is -1.52. The highest BCUT2D eigenvalue weighted by Crippen LogP contribution is 2.29. The molecule has 0 radical (unpaired) electrons. The van der Waals surface area contributed by atoms with Crippen molar-refractivity contribution in [3.63, 3.8) is 0 Å². The number of nitrogens with two attached hydrogens (primary N) is 1. The van der Waals surface area contributed by atoms with E-state index in [4.69, 9.17) is 17.3 Å². The lowest BCUT2D eigenvalue weighted by Gasteiger charge is -2.16. The predicted octanol–water partition coefficient (Wildman–Crippen LogP) is 3.57. The molecule has 0 aliphatic carbocycles. The number of nitrogens with zero attached hydrogens (tertiary/aromatic N) is 1. The summed E-state index contributed by atoms with van der Waals surface area (Å²) in [6, 6.07) is 7.14. The Morgan fingerprint density at radius 3 is 2.44 bits per heavy atom. The van der Waals surface area contributed by atoms with Crippen molar-refractivity contribution < 1.29 is 4.79 Å². The molecular weight excluding hydrogens is 268 g/mol. The summed E-state index contributed by atoms with van der Waals surface area (Å²) in [5, 5.41) is 2.42. The lowest BCUT2D eigenvalue weighted by atomic mass is 10.2. The Morgan fingerprint density at radius 1 is 1.33 bits per heavy atom. The van der Waals surface area contributed by atoms with Crippen LogP contribution in [-0.4, -0.2) is 13.0 Å². The molecule has 0 fully saturated rings. The summed E-state index contributed by atoms with van der Waals surface area (Å²) in [6.45, 7) is 1.89. The SMILES string of the molecule is Cc1csc(C(=O)N(C)c2ccc(N)cc2)c1Cl. The van der Waals surface area contributed by atoms with Gasteiger partial charge in [-0.15, -0.1) is 11.3 Å². The van der Waals surface area contributed by atoms with Gasteiger partial charge in [0.25, 0.3) is 5.91 Å². The van der Waals surface area contributed by atoms with Gasteiger partial charge in [-0.3, -0.25) is 4.79 Å². The number of aryl methyl sites for hydroxylation is 1. The number of benzene rings is 1. The zero-order valence-electron chi connectivity index (χ0n) is 10.1. The molecule has 2 aromatic rings. The molecule has 0 aliphatic heterocycles. The molecule has 18 heavy (non-hydrogen) atoms. The molecule has 1 heterocycles. The molecule has 0 spiro atoms. The molecule has 0 saturated carbocycles. The summed E-state index contributed by atoms with van der Waals surface area (Å²) >= 11 is 7.47. The van der Waals surface area contributed by atoms with Crippen LogP contribution in [0.15, 0.2) is 29.6 Å². The molecule has 0 bridgehead atoms. The van der Waals surface area contributed by atoms with Gasteiger partial charge in [-0.1, -0.05) is 11.6 Å². The first kappa shape index (κ1) is 12.9. The second-order valence-electron chi connectivity index (χ2n) is 4.02. The van der Waals surface area contributed by atoms with E-state index in [-0.39, 0.29) is 5.91 Å². The summed E-state index contributed by atoms with van der Waals surface area (Å²) < 4.78 is 0. The lowest BCUT2D eigenvalue weighted by Crippen LogP contribution is -2.25. The second-order valence-corrected chi connectivity index (χ2v) is 5.28. The van der Waals surface area contributed by atoms with Gasteiger partial charge in [-0.05, 0) is 42.1 Å². The van der Waals surface area contributed by atoms with Gasteiger partial charge in [-0.2, -0.15) is 0 Å². The zero-order chi connectivity index (χ0) is 13.3. The van der Waals surface area contributed by atoms with Crippen LogP contribution >= 0.6 is 22.9 Å². The third kappa shape index (κ3) is 2.35. The van der Waals surface area contributed by atoms with Gasteiger partial charge in [-0.25, -0.2) is 0 Å². The molecule has 0 atom stereocenters. The number of hydrogen-bond acceptors (Lipinski definition) is 3. The van der Waals surface area contributed by atoms with Crippen LogP contribution in [0.3, 0.4) is 0 Å². The molecule has 3 nitrogen and oxygen atoms in total. The molecule has 0 aliphatic rings. The number of rotatable bonds is 2. The van der Waals surface area contributed by atoms with Crippen LogP contribution in [0.4, 0.5) is 11.4 Å². The number of halogens is 1. The maximum atomic E-state index is 12.3. The summed E-state index contributed by atoms with van der Waals surface area (Å²) in [5.41, 5.74) is 8.00. The number of nitrogen functional groups attached to an aromatic ring is 1. The minimum atomic E-state index is -0.108. The Bertz CT molecular complexity index is 577. The van der Waals surface area contributed by atoms with Crippen molar-refractivity contribution in [1.82, 2.24) is 0 Å². The van der Waals surface area contributed by atoms with E-state index >= 15 is 0 Å². The minimum Gasteiger partial charge on any atom is -0.399 e. The van der Waals surface area contributed by atoms with Gasteiger partial charge in [0, 0.05) is 18.4 Å². The van der Waals surface area contributed by atoms with E-state index in [0.29, 0.717) is 15.6 Å². The highest BCUT2D eigenvalue weighted by molar-refractivity contribution is 7.13. The number of carbonyl (C=O) groups excluding carboxylic acids is 1. The number of thiophene rings is 1. The Kier molecular flexibility index (Phi) is 3.59.